The van der Waals surface area contributed by atoms with Crippen LogP contribution in [0.3, 0.4) is 0 Å². The van der Waals surface area contributed by atoms with Gasteiger partial charge in [0.2, 0.25) is 0 Å². The topological polar surface area (TPSA) is 38.9 Å². The van der Waals surface area contributed by atoms with Crippen LogP contribution in [0.2, 0.25) is 0 Å². The minimum absolute atomic E-state index is 0.220. The fourth-order valence-corrected chi connectivity index (χ4v) is 3.52. The van der Waals surface area contributed by atoms with E-state index in [0.29, 0.717) is 4.99 Å². The molecule has 0 fully saturated rings. The summed E-state index contributed by atoms with van der Waals surface area (Å²) in [6.45, 7) is 0. The van der Waals surface area contributed by atoms with Crippen LogP contribution in [0, 0.1) is 0 Å². The van der Waals surface area contributed by atoms with E-state index in [-0.39, 0.29) is 5.92 Å². The van der Waals surface area contributed by atoms with Crippen LogP contribution in [0.1, 0.15) is 60.5 Å². The van der Waals surface area contributed by atoms with Crippen LogP contribution in [-0.2, 0) is 19.3 Å². The van der Waals surface area contributed by atoms with Gasteiger partial charge >= 0.3 is 0 Å². The van der Waals surface area contributed by atoms with Crippen molar-refractivity contribution in [2.45, 2.75) is 57.3 Å². The summed E-state index contributed by atoms with van der Waals surface area (Å²) < 4.78 is 0. The number of hydrogen-bond acceptors (Lipinski definition) is 2. The molecule has 1 aromatic heterocycles. The first-order valence-corrected chi connectivity index (χ1v) is 7.47. The number of pyridine rings is 1. The quantitative estimate of drug-likeness (QED) is 0.623. The Hall–Kier alpha value is -0.960. The van der Waals surface area contributed by atoms with E-state index in [1.54, 1.807) is 0 Å². The van der Waals surface area contributed by atoms with Gasteiger partial charge in [-0.15, -0.1) is 0 Å². The molecule has 0 amide bonds. The van der Waals surface area contributed by atoms with E-state index in [0.717, 1.165) is 19.3 Å². The fourth-order valence-electron chi connectivity index (χ4n) is 3.29. The second-order valence-corrected chi connectivity index (χ2v) is 6.02. The summed E-state index contributed by atoms with van der Waals surface area (Å²) in [6, 6.07) is 2.40. The lowest BCUT2D eigenvalue weighted by molar-refractivity contribution is 0.627. The molecule has 18 heavy (non-hydrogen) atoms. The van der Waals surface area contributed by atoms with Gasteiger partial charge < -0.3 is 5.73 Å². The molecule has 0 bridgehead atoms. The number of aryl methyl sites for hydroxylation is 3. The number of nitrogens with two attached hydrogens (primary N) is 1. The Kier molecular flexibility index (Phi) is 3.33. The third-order valence-electron chi connectivity index (χ3n) is 4.28. The molecule has 0 aliphatic heterocycles. The lowest BCUT2D eigenvalue weighted by Gasteiger charge is -2.25. The van der Waals surface area contributed by atoms with Crippen molar-refractivity contribution in [3.8, 4) is 0 Å². The first kappa shape index (κ1) is 12.1. The van der Waals surface area contributed by atoms with Gasteiger partial charge in [-0.1, -0.05) is 24.7 Å². The molecule has 2 aliphatic rings. The molecular formula is C15H20N2S. The molecule has 2 aliphatic carbocycles. The van der Waals surface area contributed by atoms with Crippen LogP contribution >= 0.6 is 12.2 Å². The van der Waals surface area contributed by atoms with Gasteiger partial charge in [0, 0.05) is 5.69 Å². The van der Waals surface area contributed by atoms with Gasteiger partial charge in [-0.05, 0) is 56.1 Å². The number of nitrogens with zero attached hydrogens (tertiary/aromatic N) is 1. The van der Waals surface area contributed by atoms with Crippen LogP contribution in [0.4, 0.5) is 0 Å². The van der Waals surface area contributed by atoms with E-state index in [1.807, 2.05) is 0 Å². The monoisotopic (exact) mass is 260 g/mol. The summed E-state index contributed by atoms with van der Waals surface area (Å²) >= 11 is 5.21. The molecule has 0 spiro atoms. The van der Waals surface area contributed by atoms with E-state index in [4.69, 9.17) is 22.9 Å². The third kappa shape index (κ3) is 2.16. The second-order valence-electron chi connectivity index (χ2n) is 5.55. The number of rotatable bonds is 1. The summed E-state index contributed by atoms with van der Waals surface area (Å²) in [5.74, 6) is 0.220. The molecule has 0 saturated carbocycles. The van der Waals surface area contributed by atoms with Crippen molar-refractivity contribution in [3.63, 3.8) is 0 Å². The van der Waals surface area contributed by atoms with Gasteiger partial charge in [0.15, 0.2) is 0 Å². The molecule has 1 aromatic rings. The van der Waals surface area contributed by atoms with E-state index in [9.17, 15) is 0 Å². The molecule has 0 saturated heterocycles. The minimum Gasteiger partial charge on any atom is -0.393 e. The van der Waals surface area contributed by atoms with E-state index >= 15 is 0 Å². The summed E-state index contributed by atoms with van der Waals surface area (Å²) in [5, 5.41) is 0. The molecule has 0 radical (unpaired) electrons. The molecule has 3 rings (SSSR count). The number of aromatic nitrogens is 1. The molecule has 3 heteroatoms. The zero-order valence-corrected chi connectivity index (χ0v) is 11.6. The maximum Gasteiger partial charge on any atom is 0.0819 e. The Morgan fingerprint density at radius 2 is 1.89 bits per heavy atom. The Morgan fingerprint density at radius 3 is 2.72 bits per heavy atom. The summed E-state index contributed by atoms with van der Waals surface area (Å²) in [5.41, 5.74) is 11.3. The van der Waals surface area contributed by atoms with Crippen molar-refractivity contribution in [3.05, 3.63) is 28.6 Å². The molecular weight excluding hydrogens is 240 g/mol. The van der Waals surface area contributed by atoms with Gasteiger partial charge in [0.25, 0.3) is 0 Å². The van der Waals surface area contributed by atoms with Crippen molar-refractivity contribution >= 4 is 17.2 Å². The van der Waals surface area contributed by atoms with Crippen LogP contribution in [0.15, 0.2) is 6.07 Å². The van der Waals surface area contributed by atoms with Crippen LogP contribution < -0.4 is 5.73 Å². The lowest BCUT2D eigenvalue weighted by Crippen LogP contribution is -2.25. The molecule has 0 unspecified atom stereocenters. The van der Waals surface area contributed by atoms with E-state index in [1.165, 1.54) is 54.6 Å². The van der Waals surface area contributed by atoms with Crippen LogP contribution in [0.25, 0.3) is 0 Å². The Morgan fingerprint density at radius 1 is 1.11 bits per heavy atom. The van der Waals surface area contributed by atoms with Gasteiger partial charge in [0.05, 0.1) is 16.6 Å². The first-order chi connectivity index (χ1) is 8.75. The molecule has 0 aromatic carbocycles. The van der Waals surface area contributed by atoms with Crippen molar-refractivity contribution in [1.82, 2.24) is 4.98 Å². The molecule has 2 N–H and O–H groups in total. The molecule has 96 valence electrons. The predicted molar refractivity (Wildman–Crippen MR) is 78.0 cm³/mol. The Balaban J connectivity index is 2.05. The standard InChI is InChI=1S/C15H20N2S/c16-15(18)12-7-4-6-11-9-10-5-2-1-3-8-13(10)17-14(11)12/h9,12H,1-8H2,(H2,16,18)/t12-/m1/s1. The Labute approximate surface area is 114 Å². The highest BCUT2D eigenvalue weighted by molar-refractivity contribution is 7.80. The average molecular weight is 260 g/mol. The highest BCUT2D eigenvalue weighted by Gasteiger charge is 2.25. The lowest BCUT2D eigenvalue weighted by atomic mass is 9.85. The summed E-state index contributed by atoms with van der Waals surface area (Å²) in [4.78, 5) is 5.57. The largest absolute Gasteiger partial charge is 0.393 e. The maximum atomic E-state index is 5.88. The van der Waals surface area contributed by atoms with Gasteiger partial charge in [-0.25, -0.2) is 0 Å². The molecule has 1 heterocycles. The highest BCUT2D eigenvalue weighted by Crippen LogP contribution is 2.33. The van der Waals surface area contributed by atoms with Crippen molar-refractivity contribution in [2.75, 3.05) is 0 Å². The van der Waals surface area contributed by atoms with Crippen molar-refractivity contribution in [1.29, 1.82) is 0 Å². The van der Waals surface area contributed by atoms with Crippen LogP contribution in [0.5, 0.6) is 0 Å². The first-order valence-electron chi connectivity index (χ1n) is 7.06. The maximum absolute atomic E-state index is 5.88. The third-order valence-corrected chi connectivity index (χ3v) is 4.56. The summed E-state index contributed by atoms with van der Waals surface area (Å²) in [7, 11) is 0. The van der Waals surface area contributed by atoms with Crippen molar-refractivity contribution in [2.24, 2.45) is 5.73 Å². The second kappa shape index (κ2) is 4.96. The molecule has 1 atom stereocenters. The van der Waals surface area contributed by atoms with E-state index < -0.39 is 0 Å². The van der Waals surface area contributed by atoms with E-state index in [2.05, 4.69) is 6.07 Å². The number of thiocarbonyl (C=S) groups is 1. The highest BCUT2D eigenvalue weighted by atomic mass is 32.1. The Bertz CT molecular complexity index is 482. The van der Waals surface area contributed by atoms with Crippen LogP contribution in [-0.4, -0.2) is 9.97 Å². The summed E-state index contributed by atoms with van der Waals surface area (Å²) in [6.07, 6.45) is 9.67. The minimum atomic E-state index is 0.220. The van der Waals surface area contributed by atoms with Gasteiger partial charge in [-0.2, -0.15) is 0 Å². The molecule has 2 nitrogen and oxygen atoms in total. The smallest absolute Gasteiger partial charge is 0.0819 e. The number of hydrogen-bond donors (Lipinski definition) is 1. The van der Waals surface area contributed by atoms with Gasteiger partial charge in [0.1, 0.15) is 0 Å². The zero-order chi connectivity index (χ0) is 12.5. The zero-order valence-electron chi connectivity index (χ0n) is 10.7. The van der Waals surface area contributed by atoms with Gasteiger partial charge in [-0.3, -0.25) is 4.98 Å². The SMILES string of the molecule is NC(=S)[C@@H]1CCCc2cc3c(nc21)CCCCC3. The fraction of sp³-hybridized carbons (Fsp3) is 0.600. The average Bonchev–Trinajstić information content (AvgIpc) is 2.59. The van der Waals surface area contributed by atoms with Crippen molar-refractivity contribution < 1.29 is 0 Å². The normalized spacial score (nSPS) is 22.8. The predicted octanol–water partition coefficient (Wildman–Crippen LogP) is 3.06. The number of fused-ring (bicyclic) bond motifs is 2.